The molecular formula is C11H14FNO. The van der Waals surface area contributed by atoms with E-state index in [1.165, 1.54) is 6.07 Å². The molecular weight excluding hydrogens is 181 g/mol. The van der Waals surface area contributed by atoms with Crippen molar-refractivity contribution in [3.63, 3.8) is 0 Å². The molecule has 0 amide bonds. The zero-order valence-electron chi connectivity index (χ0n) is 7.99. The van der Waals surface area contributed by atoms with E-state index in [4.69, 9.17) is 5.11 Å². The van der Waals surface area contributed by atoms with E-state index in [2.05, 4.69) is 0 Å². The smallest absolute Gasteiger partial charge is 0.146 e. The van der Waals surface area contributed by atoms with Crippen LogP contribution in [0.1, 0.15) is 12.8 Å². The van der Waals surface area contributed by atoms with Gasteiger partial charge in [0, 0.05) is 6.54 Å². The summed E-state index contributed by atoms with van der Waals surface area (Å²) in [5.41, 5.74) is 0.615. The molecule has 76 valence electrons. The number of nitrogens with zero attached hydrogens (tertiary/aromatic N) is 1. The van der Waals surface area contributed by atoms with Gasteiger partial charge in [0.15, 0.2) is 0 Å². The van der Waals surface area contributed by atoms with Crippen LogP contribution in [0.15, 0.2) is 24.3 Å². The summed E-state index contributed by atoms with van der Waals surface area (Å²) in [4.78, 5) is 1.95. The summed E-state index contributed by atoms with van der Waals surface area (Å²) in [6.45, 7) is 0.945. The zero-order valence-corrected chi connectivity index (χ0v) is 7.99. The highest BCUT2D eigenvalue weighted by molar-refractivity contribution is 5.49. The third kappa shape index (κ3) is 1.60. The van der Waals surface area contributed by atoms with Crippen molar-refractivity contribution in [3.8, 4) is 0 Å². The average Bonchev–Trinajstić information content (AvgIpc) is 2.66. The minimum Gasteiger partial charge on any atom is -0.394 e. The normalized spacial score (nSPS) is 21.6. The van der Waals surface area contributed by atoms with Crippen molar-refractivity contribution in [2.75, 3.05) is 18.1 Å². The summed E-state index contributed by atoms with van der Waals surface area (Å²) in [7, 11) is 0. The van der Waals surface area contributed by atoms with Crippen LogP contribution in [0.25, 0.3) is 0 Å². The minimum atomic E-state index is -0.201. The fourth-order valence-electron chi connectivity index (χ4n) is 2.03. The quantitative estimate of drug-likeness (QED) is 0.777. The van der Waals surface area contributed by atoms with E-state index in [-0.39, 0.29) is 18.5 Å². The Morgan fingerprint density at radius 2 is 2.21 bits per heavy atom. The second kappa shape index (κ2) is 3.96. The molecule has 2 rings (SSSR count). The molecule has 1 heterocycles. The van der Waals surface area contributed by atoms with Gasteiger partial charge < -0.3 is 10.0 Å². The molecule has 1 aromatic carbocycles. The Bertz CT molecular complexity index is 316. The van der Waals surface area contributed by atoms with Gasteiger partial charge in [-0.3, -0.25) is 0 Å². The molecule has 0 aromatic heterocycles. The first-order valence-electron chi connectivity index (χ1n) is 4.95. The Kier molecular flexibility index (Phi) is 2.68. The van der Waals surface area contributed by atoms with Gasteiger partial charge in [-0.2, -0.15) is 0 Å². The monoisotopic (exact) mass is 195 g/mol. The summed E-state index contributed by atoms with van der Waals surface area (Å²) in [6, 6.07) is 6.83. The van der Waals surface area contributed by atoms with Crippen LogP contribution < -0.4 is 4.90 Å². The van der Waals surface area contributed by atoms with Gasteiger partial charge in [-0.15, -0.1) is 0 Å². The van der Waals surface area contributed by atoms with E-state index in [1.807, 2.05) is 11.0 Å². The van der Waals surface area contributed by atoms with Crippen LogP contribution in [0.2, 0.25) is 0 Å². The molecule has 1 atom stereocenters. The Morgan fingerprint density at radius 3 is 2.93 bits per heavy atom. The van der Waals surface area contributed by atoms with Crippen molar-refractivity contribution in [1.82, 2.24) is 0 Å². The van der Waals surface area contributed by atoms with Crippen LogP contribution in [0.4, 0.5) is 10.1 Å². The van der Waals surface area contributed by atoms with Gasteiger partial charge >= 0.3 is 0 Å². The van der Waals surface area contributed by atoms with E-state index < -0.39 is 0 Å². The van der Waals surface area contributed by atoms with Gasteiger partial charge in [0.1, 0.15) is 5.82 Å². The van der Waals surface area contributed by atoms with E-state index in [1.54, 1.807) is 12.1 Å². The fourth-order valence-corrected chi connectivity index (χ4v) is 2.03. The number of benzene rings is 1. The van der Waals surface area contributed by atoms with Crippen molar-refractivity contribution in [1.29, 1.82) is 0 Å². The molecule has 3 heteroatoms. The summed E-state index contributed by atoms with van der Waals surface area (Å²) in [6.07, 6.45) is 1.98. The average molecular weight is 195 g/mol. The van der Waals surface area contributed by atoms with Crippen molar-refractivity contribution >= 4 is 5.69 Å². The first-order chi connectivity index (χ1) is 6.83. The largest absolute Gasteiger partial charge is 0.394 e. The molecule has 0 spiro atoms. The number of hydrogen-bond donors (Lipinski definition) is 1. The summed E-state index contributed by atoms with van der Waals surface area (Å²) >= 11 is 0. The van der Waals surface area contributed by atoms with Gasteiger partial charge in [-0.1, -0.05) is 12.1 Å². The summed E-state index contributed by atoms with van der Waals surface area (Å²) in [5, 5.41) is 9.12. The first kappa shape index (κ1) is 9.46. The highest BCUT2D eigenvalue weighted by Crippen LogP contribution is 2.27. The maximum Gasteiger partial charge on any atom is 0.146 e. The molecule has 1 aliphatic heterocycles. The van der Waals surface area contributed by atoms with Crippen LogP contribution in [-0.2, 0) is 0 Å². The van der Waals surface area contributed by atoms with Crippen molar-refractivity contribution in [2.45, 2.75) is 18.9 Å². The lowest BCUT2D eigenvalue weighted by atomic mass is 10.2. The SMILES string of the molecule is OCC1CCCN1c1ccccc1F. The van der Waals surface area contributed by atoms with Gasteiger partial charge in [0.25, 0.3) is 0 Å². The molecule has 1 aromatic rings. The molecule has 0 radical (unpaired) electrons. The lowest BCUT2D eigenvalue weighted by molar-refractivity contribution is 0.266. The Balaban J connectivity index is 2.26. The molecule has 0 bridgehead atoms. The lowest BCUT2D eigenvalue weighted by Crippen LogP contribution is -2.32. The molecule has 1 saturated heterocycles. The molecule has 1 fully saturated rings. The molecule has 2 nitrogen and oxygen atoms in total. The van der Waals surface area contributed by atoms with Gasteiger partial charge in [-0.25, -0.2) is 4.39 Å². The first-order valence-corrected chi connectivity index (χ1v) is 4.95. The highest BCUT2D eigenvalue weighted by atomic mass is 19.1. The standard InChI is InChI=1S/C11H14FNO/c12-10-5-1-2-6-11(10)13-7-3-4-9(13)8-14/h1-2,5-6,9,14H,3-4,7-8H2. The van der Waals surface area contributed by atoms with Gasteiger partial charge in [-0.05, 0) is 25.0 Å². The number of anilines is 1. The zero-order chi connectivity index (χ0) is 9.97. The molecule has 1 unspecified atom stereocenters. The minimum absolute atomic E-state index is 0.0897. The Hall–Kier alpha value is -1.09. The van der Waals surface area contributed by atoms with Crippen LogP contribution in [-0.4, -0.2) is 24.3 Å². The second-order valence-electron chi connectivity index (χ2n) is 3.62. The predicted molar refractivity (Wildman–Crippen MR) is 53.9 cm³/mol. The lowest BCUT2D eigenvalue weighted by Gasteiger charge is -2.25. The summed E-state index contributed by atoms with van der Waals surface area (Å²) < 4.78 is 13.4. The summed E-state index contributed by atoms with van der Waals surface area (Å²) in [5.74, 6) is -0.201. The molecule has 1 N–H and O–H groups in total. The number of hydrogen-bond acceptors (Lipinski definition) is 2. The Labute approximate surface area is 83.0 Å². The predicted octanol–water partition coefficient (Wildman–Crippen LogP) is 1.79. The third-order valence-electron chi connectivity index (χ3n) is 2.75. The van der Waals surface area contributed by atoms with Crippen molar-refractivity contribution in [3.05, 3.63) is 30.1 Å². The third-order valence-corrected chi connectivity index (χ3v) is 2.75. The van der Waals surface area contributed by atoms with Crippen molar-refractivity contribution in [2.24, 2.45) is 0 Å². The van der Waals surface area contributed by atoms with E-state index in [9.17, 15) is 4.39 Å². The van der Waals surface area contributed by atoms with Crippen LogP contribution >= 0.6 is 0 Å². The molecule has 0 saturated carbocycles. The van der Waals surface area contributed by atoms with Crippen molar-refractivity contribution < 1.29 is 9.50 Å². The number of para-hydroxylation sites is 1. The molecule has 0 aliphatic carbocycles. The maximum absolute atomic E-state index is 13.4. The topological polar surface area (TPSA) is 23.5 Å². The van der Waals surface area contributed by atoms with Gasteiger partial charge in [0.05, 0.1) is 18.3 Å². The van der Waals surface area contributed by atoms with Gasteiger partial charge in [0.2, 0.25) is 0 Å². The second-order valence-corrected chi connectivity index (χ2v) is 3.62. The number of aliphatic hydroxyl groups is 1. The highest BCUT2D eigenvalue weighted by Gasteiger charge is 2.25. The van der Waals surface area contributed by atoms with E-state index in [0.29, 0.717) is 5.69 Å². The van der Waals surface area contributed by atoms with Crippen LogP contribution in [0, 0.1) is 5.82 Å². The maximum atomic E-state index is 13.4. The van der Waals surface area contributed by atoms with E-state index >= 15 is 0 Å². The molecule has 1 aliphatic rings. The molecule has 14 heavy (non-hydrogen) atoms. The number of rotatable bonds is 2. The van der Waals surface area contributed by atoms with E-state index in [0.717, 1.165) is 19.4 Å². The Morgan fingerprint density at radius 1 is 1.43 bits per heavy atom. The fraction of sp³-hybridized carbons (Fsp3) is 0.455. The number of halogens is 1. The number of aliphatic hydroxyl groups excluding tert-OH is 1. The van der Waals surface area contributed by atoms with Crippen LogP contribution in [0.5, 0.6) is 0 Å². The van der Waals surface area contributed by atoms with Crippen LogP contribution in [0.3, 0.4) is 0 Å².